The molecule has 0 unspecified atom stereocenters. The third-order valence-electron chi connectivity index (χ3n) is 4.96. The van der Waals surface area contributed by atoms with Gasteiger partial charge >= 0.3 is 0 Å². The minimum atomic E-state index is -3.94. The number of hydrogen-bond donors (Lipinski definition) is 1. The Morgan fingerprint density at radius 2 is 1.86 bits per heavy atom. The summed E-state index contributed by atoms with van der Waals surface area (Å²) < 4.78 is 49.0. The Balaban J connectivity index is 1.32. The molecule has 0 aliphatic carbocycles. The molecule has 4 rings (SSSR count). The monoisotopic (exact) mass is 510 g/mol. The van der Waals surface area contributed by atoms with Gasteiger partial charge < -0.3 is 4.74 Å². The molecule has 2 aromatic carbocycles. The first kappa shape index (κ1) is 24.4. The molecule has 0 radical (unpaired) electrons. The van der Waals surface area contributed by atoms with Crippen LogP contribution in [0.15, 0.2) is 77.4 Å². The molecule has 0 saturated carbocycles. The number of halogens is 1. The summed E-state index contributed by atoms with van der Waals surface area (Å²) in [6.07, 6.45) is 4.87. The van der Waals surface area contributed by atoms with Crippen LogP contribution in [0.5, 0.6) is 5.75 Å². The maximum absolute atomic E-state index is 13.7. The van der Waals surface area contributed by atoms with Gasteiger partial charge in [0.25, 0.3) is 10.0 Å². The summed E-state index contributed by atoms with van der Waals surface area (Å²) in [6.45, 7) is 1.28. The van der Waals surface area contributed by atoms with Crippen molar-refractivity contribution in [3.63, 3.8) is 0 Å². The fourth-order valence-electron chi connectivity index (χ4n) is 3.15. The van der Waals surface area contributed by atoms with Crippen molar-refractivity contribution < 1.29 is 22.1 Å². The van der Waals surface area contributed by atoms with Crippen molar-refractivity contribution in [3.05, 3.63) is 90.0 Å². The molecule has 0 spiro atoms. The van der Waals surface area contributed by atoms with E-state index in [0.29, 0.717) is 28.5 Å². The molecule has 178 valence electrons. The maximum atomic E-state index is 13.7. The Morgan fingerprint density at radius 1 is 1.09 bits per heavy atom. The van der Waals surface area contributed by atoms with E-state index >= 15 is 0 Å². The van der Waals surface area contributed by atoms with Crippen molar-refractivity contribution in [2.45, 2.75) is 23.8 Å². The number of aryl methyl sites for hydroxylation is 1. The maximum Gasteiger partial charge on any atom is 0.270 e. The van der Waals surface area contributed by atoms with Gasteiger partial charge in [-0.25, -0.2) is 22.1 Å². The highest BCUT2D eigenvalue weighted by molar-refractivity contribution is 7.91. The van der Waals surface area contributed by atoms with E-state index in [-0.39, 0.29) is 16.4 Å². The lowest BCUT2D eigenvalue weighted by molar-refractivity contribution is -0.697. The molecule has 1 N–H and O–H groups in total. The number of sulfonamides is 1. The topological polar surface area (TPSA) is 109 Å². The standard InChI is InChI=1S/C24H21FN5O3S2/c25-22-15-18(5-6-20(22)16-26)17-27-35(31,32)24-29-28-23(34-24)19-7-9-21(10-8-19)33-14-4-13-30-11-2-1-3-12-30/h1-3,5-12,15,27H,4,13-14,17H2/q+1. The fourth-order valence-corrected chi connectivity index (χ4v) is 5.21. The molecule has 8 nitrogen and oxygen atoms in total. The van der Waals surface area contributed by atoms with Crippen LogP contribution in [0.3, 0.4) is 0 Å². The molecule has 2 aromatic heterocycles. The lowest BCUT2D eigenvalue weighted by Gasteiger charge is -2.05. The molecule has 0 atom stereocenters. The lowest BCUT2D eigenvalue weighted by Crippen LogP contribution is -2.33. The van der Waals surface area contributed by atoms with Gasteiger partial charge in [-0.3, -0.25) is 0 Å². The van der Waals surface area contributed by atoms with Crippen molar-refractivity contribution in [2.24, 2.45) is 0 Å². The van der Waals surface area contributed by atoms with E-state index in [1.165, 1.54) is 12.1 Å². The second-order valence-corrected chi connectivity index (χ2v) is 10.4. The van der Waals surface area contributed by atoms with Crippen molar-refractivity contribution >= 4 is 21.4 Å². The summed E-state index contributed by atoms with van der Waals surface area (Å²) >= 11 is 0.929. The van der Waals surface area contributed by atoms with Gasteiger partial charge in [0.2, 0.25) is 4.34 Å². The van der Waals surface area contributed by atoms with Gasteiger partial charge in [-0.1, -0.05) is 23.5 Å². The van der Waals surface area contributed by atoms with E-state index in [9.17, 15) is 12.8 Å². The molecule has 0 fully saturated rings. The number of nitrogens with one attached hydrogen (secondary N) is 1. The lowest BCUT2D eigenvalue weighted by atomic mass is 10.1. The van der Waals surface area contributed by atoms with Crippen molar-refractivity contribution in [1.82, 2.24) is 14.9 Å². The molecule has 0 aliphatic rings. The molecule has 4 aromatic rings. The minimum absolute atomic E-state index is 0.104. The first-order valence-electron chi connectivity index (χ1n) is 10.6. The van der Waals surface area contributed by atoms with Crippen LogP contribution in [-0.4, -0.2) is 25.2 Å². The fraction of sp³-hybridized carbons (Fsp3) is 0.167. The number of nitriles is 1. The van der Waals surface area contributed by atoms with Crippen LogP contribution in [0.25, 0.3) is 10.6 Å². The summed E-state index contributed by atoms with van der Waals surface area (Å²) in [6, 6.07) is 18.8. The van der Waals surface area contributed by atoms with Crippen LogP contribution in [-0.2, 0) is 23.1 Å². The largest absolute Gasteiger partial charge is 0.493 e. The highest BCUT2D eigenvalue weighted by Gasteiger charge is 2.21. The van der Waals surface area contributed by atoms with Crippen LogP contribution in [0, 0.1) is 17.1 Å². The van der Waals surface area contributed by atoms with Gasteiger partial charge in [0.05, 0.1) is 12.2 Å². The van der Waals surface area contributed by atoms with Gasteiger partial charge in [-0.05, 0) is 42.0 Å². The Hall–Kier alpha value is -3.72. The normalized spacial score (nSPS) is 11.2. The quantitative estimate of drug-likeness (QED) is 0.259. The Labute approximate surface area is 206 Å². The Kier molecular flexibility index (Phi) is 7.77. The van der Waals surface area contributed by atoms with Crippen LogP contribution in [0.1, 0.15) is 17.5 Å². The molecule has 2 heterocycles. The number of ether oxygens (including phenoxy) is 1. The SMILES string of the molecule is N#Cc1ccc(CNS(=O)(=O)c2nnc(-c3ccc(OCCC[n+]4ccccc4)cc3)s2)cc1F. The Bertz CT molecular complexity index is 1440. The third-order valence-corrected chi connectivity index (χ3v) is 7.71. The number of aromatic nitrogens is 3. The van der Waals surface area contributed by atoms with E-state index < -0.39 is 15.8 Å². The summed E-state index contributed by atoms with van der Waals surface area (Å²) in [5.41, 5.74) is 0.992. The van der Waals surface area contributed by atoms with E-state index in [1.54, 1.807) is 30.3 Å². The number of rotatable bonds is 10. The van der Waals surface area contributed by atoms with E-state index in [2.05, 4.69) is 19.5 Å². The van der Waals surface area contributed by atoms with Crippen LogP contribution < -0.4 is 14.0 Å². The molecular formula is C24H21FN5O3S2+. The average Bonchev–Trinajstić information content (AvgIpc) is 3.38. The number of benzene rings is 2. The van der Waals surface area contributed by atoms with Crippen LogP contribution in [0.4, 0.5) is 4.39 Å². The smallest absolute Gasteiger partial charge is 0.270 e. The average molecular weight is 511 g/mol. The zero-order valence-corrected chi connectivity index (χ0v) is 20.1. The van der Waals surface area contributed by atoms with Crippen molar-refractivity contribution in [2.75, 3.05) is 6.61 Å². The first-order chi connectivity index (χ1) is 16.9. The highest BCUT2D eigenvalue weighted by Crippen LogP contribution is 2.27. The number of hydrogen-bond acceptors (Lipinski definition) is 7. The summed E-state index contributed by atoms with van der Waals surface area (Å²) in [7, 11) is -3.94. The summed E-state index contributed by atoms with van der Waals surface area (Å²) in [4.78, 5) is 0. The molecule has 0 amide bonds. The van der Waals surface area contributed by atoms with Crippen molar-refractivity contribution in [3.8, 4) is 22.4 Å². The number of nitrogens with zero attached hydrogens (tertiary/aromatic N) is 4. The molecule has 11 heteroatoms. The van der Waals surface area contributed by atoms with Gasteiger partial charge in [0.1, 0.15) is 22.6 Å². The van der Waals surface area contributed by atoms with Crippen LogP contribution in [0.2, 0.25) is 0 Å². The molecule has 0 saturated heterocycles. The zero-order valence-electron chi connectivity index (χ0n) is 18.5. The summed E-state index contributed by atoms with van der Waals surface area (Å²) in [5.74, 6) is 0.00500. The Morgan fingerprint density at radius 3 is 2.57 bits per heavy atom. The van der Waals surface area contributed by atoms with E-state index in [0.717, 1.165) is 30.4 Å². The number of pyridine rings is 1. The molecule has 35 heavy (non-hydrogen) atoms. The molecular weight excluding hydrogens is 489 g/mol. The first-order valence-corrected chi connectivity index (χ1v) is 12.9. The van der Waals surface area contributed by atoms with Gasteiger partial charge in [-0.15, -0.1) is 10.2 Å². The zero-order chi connectivity index (χ0) is 24.7. The second kappa shape index (κ2) is 11.1. The molecule has 0 aliphatic heterocycles. The third kappa shape index (κ3) is 6.45. The predicted octanol–water partition coefficient (Wildman–Crippen LogP) is 3.45. The van der Waals surface area contributed by atoms with Crippen LogP contribution >= 0.6 is 11.3 Å². The summed E-state index contributed by atoms with van der Waals surface area (Å²) in [5, 5.41) is 17.0. The second-order valence-electron chi connectivity index (χ2n) is 7.46. The predicted molar refractivity (Wildman–Crippen MR) is 127 cm³/mol. The minimum Gasteiger partial charge on any atom is -0.493 e. The highest BCUT2D eigenvalue weighted by atomic mass is 32.2. The van der Waals surface area contributed by atoms with Gasteiger partial charge in [-0.2, -0.15) is 5.26 Å². The van der Waals surface area contributed by atoms with Crippen molar-refractivity contribution in [1.29, 1.82) is 5.26 Å². The van der Waals surface area contributed by atoms with E-state index in [1.807, 2.05) is 30.6 Å². The molecule has 0 bridgehead atoms. The van der Waals surface area contributed by atoms with Gasteiger partial charge in [0, 0.05) is 30.7 Å². The van der Waals surface area contributed by atoms with Gasteiger partial charge in [0.15, 0.2) is 18.9 Å². The van der Waals surface area contributed by atoms with E-state index in [4.69, 9.17) is 10.00 Å².